The molecule has 0 fully saturated rings. The van der Waals surface area contributed by atoms with Gasteiger partial charge in [0.05, 0.1) is 43.2 Å². The van der Waals surface area contributed by atoms with Crippen LogP contribution in [0.15, 0.2) is 44.9 Å². The number of aryl methyl sites for hydroxylation is 1. The maximum absolute atomic E-state index is 13.4. The summed E-state index contributed by atoms with van der Waals surface area (Å²) in [5.74, 6) is 0.0221. The lowest BCUT2D eigenvalue weighted by atomic mass is 10.0. The number of quaternary nitrogens is 1. The first-order chi connectivity index (χ1) is 13.5. The Morgan fingerprint density at radius 1 is 1.18 bits per heavy atom. The summed E-state index contributed by atoms with van der Waals surface area (Å²) in [6, 6.07) is 9.12. The Morgan fingerprint density at radius 2 is 1.96 bits per heavy atom. The second-order valence-corrected chi connectivity index (χ2v) is 8.28. The van der Waals surface area contributed by atoms with E-state index in [1.54, 1.807) is 17.4 Å². The van der Waals surface area contributed by atoms with Crippen molar-refractivity contribution in [3.63, 3.8) is 0 Å². The van der Waals surface area contributed by atoms with Gasteiger partial charge in [0.2, 0.25) is 5.76 Å². The molecule has 0 aliphatic carbocycles. The monoisotopic (exact) mass is 397 g/mol. The van der Waals surface area contributed by atoms with E-state index in [0.717, 1.165) is 30.1 Å². The van der Waals surface area contributed by atoms with Gasteiger partial charge in [0.25, 0.3) is 5.91 Å². The number of carbonyl (C=O) groups excluding carboxylic acids is 1. The Kier molecular flexibility index (Phi) is 5.08. The van der Waals surface area contributed by atoms with Gasteiger partial charge in [-0.2, -0.15) is 0 Å². The fourth-order valence-corrected chi connectivity index (χ4v) is 4.83. The van der Waals surface area contributed by atoms with Crippen LogP contribution in [-0.2, 0) is 0 Å². The maximum atomic E-state index is 13.4. The normalized spacial score (nSPS) is 16.4. The third-order valence-electron chi connectivity index (χ3n) is 5.64. The molecule has 1 amide bonds. The number of nitrogens with one attached hydrogen (secondary N) is 1. The summed E-state index contributed by atoms with van der Waals surface area (Å²) in [6.07, 6.45) is 0. The van der Waals surface area contributed by atoms with E-state index in [1.165, 1.54) is 4.90 Å². The van der Waals surface area contributed by atoms with Gasteiger partial charge in [0, 0.05) is 4.88 Å². The number of hydrogen-bond donors (Lipinski definition) is 1. The van der Waals surface area contributed by atoms with Gasteiger partial charge >= 0.3 is 0 Å². The molecule has 1 atom stereocenters. The Labute approximate surface area is 168 Å². The molecule has 146 valence electrons. The minimum absolute atomic E-state index is 0.0932. The Morgan fingerprint density at radius 3 is 2.64 bits per heavy atom. The van der Waals surface area contributed by atoms with Crippen LogP contribution in [0.4, 0.5) is 0 Å². The molecule has 0 radical (unpaired) electrons. The van der Waals surface area contributed by atoms with Gasteiger partial charge in [-0.25, -0.2) is 0 Å². The summed E-state index contributed by atoms with van der Waals surface area (Å²) < 4.78 is 5.98. The van der Waals surface area contributed by atoms with Gasteiger partial charge in [-0.05, 0) is 44.4 Å². The standard InChI is InChI=1S/C22H24N2O3S/c1-4-23(5-2)10-11-24-19(17-7-6-12-28-17)18-20(25)15-13-14(3)8-9-16(15)27-21(18)22(24)26/h6-9,12-13,19H,4-5,10-11H2,1-3H3/p+1/t19-/m1/s1. The van der Waals surface area contributed by atoms with Crippen LogP contribution in [0, 0.1) is 6.92 Å². The van der Waals surface area contributed by atoms with Crippen molar-refractivity contribution in [2.75, 3.05) is 26.2 Å². The average molecular weight is 398 g/mol. The molecule has 0 saturated heterocycles. The smallest absolute Gasteiger partial charge is 0.291 e. The van der Waals surface area contributed by atoms with Crippen molar-refractivity contribution in [1.29, 1.82) is 0 Å². The molecular formula is C22H25N2O3S+. The van der Waals surface area contributed by atoms with Crippen molar-refractivity contribution in [2.45, 2.75) is 26.8 Å². The van der Waals surface area contributed by atoms with E-state index in [-0.39, 0.29) is 23.1 Å². The molecule has 1 N–H and O–H groups in total. The van der Waals surface area contributed by atoms with E-state index < -0.39 is 0 Å². The molecule has 2 aromatic heterocycles. The first kappa shape index (κ1) is 18.9. The number of fused-ring (bicyclic) bond motifs is 2. The fraction of sp³-hybridized carbons (Fsp3) is 0.364. The predicted molar refractivity (Wildman–Crippen MR) is 111 cm³/mol. The minimum atomic E-state index is -0.362. The lowest BCUT2D eigenvalue weighted by molar-refractivity contribution is -0.895. The Bertz CT molecular complexity index is 1070. The van der Waals surface area contributed by atoms with Gasteiger partial charge in [0.15, 0.2) is 5.43 Å². The van der Waals surface area contributed by atoms with Crippen molar-refractivity contribution < 1.29 is 14.1 Å². The van der Waals surface area contributed by atoms with Crippen molar-refractivity contribution in [2.24, 2.45) is 0 Å². The second kappa shape index (κ2) is 7.53. The van der Waals surface area contributed by atoms with Crippen LogP contribution in [0.5, 0.6) is 0 Å². The van der Waals surface area contributed by atoms with Crippen LogP contribution in [0.2, 0.25) is 0 Å². The zero-order valence-electron chi connectivity index (χ0n) is 16.5. The zero-order chi connectivity index (χ0) is 19.8. The van der Waals surface area contributed by atoms with E-state index in [2.05, 4.69) is 13.8 Å². The average Bonchev–Trinajstić information content (AvgIpc) is 3.31. The van der Waals surface area contributed by atoms with Gasteiger partial charge in [0.1, 0.15) is 5.58 Å². The molecule has 4 rings (SSSR count). The molecule has 0 spiro atoms. The molecule has 5 nitrogen and oxygen atoms in total. The molecule has 0 saturated carbocycles. The lowest BCUT2D eigenvalue weighted by Crippen LogP contribution is -3.12. The highest BCUT2D eigenvalue weighted by atomic mass is 32.1. The third kappa shape index (κ3) is 3.06. The highest BCUT2D eigenvalue weighted by Gasteiger charge is 2.43. The Hall–Kier alpha value is -2.44. The highest BCUT2D eigenvalue weighted by Crippen LogP contribution is 2.39. The zero-order valence-corrected chi connectivity index (χ0v) is 17.3. The number of hydrogen-bond acceptors (Lipinski definition) is 4. The summed E-state index contributed by atoms with van der Waals surface area (Å²) in [5.41, 5.74) is 1.87. The number of likely N-dealkylation sites (N-methyl/N-ethyl adjacent to an activating group) is 1. The molecule has 1 aliphatic heterocycles. The molecule has 1 aliphatic rings. The summed E-state index contributed by atoms with van der Waals surface area (Å²) in [5, 5.41) is 2.53. The number of amides is 1. The molecule has 3 aromatic rings. The molecule has 6 heteroatoms. The Balaban J connectivity index is 1.85. The van der Waals surface area contributed by atoms with Gasteiger partial charge in [-0.3, -0.25) is 9.59 Å². The largest absolute Gasteiger partial charge is 0.450 e. The topological polar surface area (TPSA) is 55.0 Å². The van der Waals surface area contributed by atoms with E-state index in [0.29, 0.717) is 23.1 Å². The number of thiophene rings is 1. The van der Waals surface area contributed by atoms with E-state index in [9.17, 15) is 9.59 Å². The van der Waals surface area contributed by atoms with E-state index in [4.69, 9.17) is 4.42 Å². The molecule has 0 bridgehead atoms. The lowest BCUT2D eigenvalue weighted by Gasteiger charge is -2.25. The third-order valence-corrected chi connectivity index (χ3v) is 6.56. The predicted octanol–water partition coefficient (Wildman–Crippen LogP) is 2.63. The molecule has 28 heavy (non-hydrogen) atoms. The number of rotatable bonds is 6. The number of benzene rings is 1. The van der Waals surface area contributed by atoms with Crippen molar-refractivity contribution in [1.82, 2.24) is 4.90 Å². The van der Waals surface area contributed by atoms with Gasteiger partial charge < -0.3 is 14.2 Å². The van der Waals surface area contributed by atoms with E-state index in [1.807, 2.05) is 41.5 Å². The van der Waals surface area contributed by atoms with Crippen LogP contribution in [-0.4, -0.2) is 37.0 Å². The van der Waals surface area contributed by atoms with Gasteiger partial charge in [-0.15, -0.1) is 11.3 Å². The van der Waals surface area contributed by atoms with Crippen LogP contribution >= 0.6 is 11.3 Å². The molecule has 1 aromatic carbocycles. The van der Waals surface area contributed by atoms with Crippen LogP contribution in [0.3, 0.4) is 0 Å². The van der Waals surface area contributed by atoms with Crippen LogP contribution < -0.4 is 10.3 Å². The molecule has 0 unspecified atom stereocenters. The van der Waals surface area contributed by atoms with Gasteiger partial charge in [-0.1, -0.05) is 17.7 Å². The highest BCUT2D eigenvalue weighted by molar-refractivity contribution is 7.10. The summed E-state index contributed by atoms with van der Waals surface area (Å²) in [7, 11) is 0. The summed E-state index contributed by atoms with van der Waals surface area (Å²) >= 11 is 1.57. The summed E-state index contributed by atoms with van der Waals surface area (Å²) in [4.78, 5) is 30.9. The van der Waals surface area contributed by atoms with E-state index >= 15 is 0 Å². The minimum Gasteiger partial charge on any atom is -0.450 e. The number of carbonyl (C=O) groups is 1. The first-order valence-electron chi connectivity index (χ1n) is 9.80. The van der Waals surface area contributed by atoms with Crippen molar-refractivity contribution in [3.05, 3.63) is 67.7 Å². The quantitative estimate of drug-likeness (QED) is 0.696. The van der Waals surface area contributed by atoms with Crippen molar-refractivity contribution in [3.8, 4) is 0 Å². The number of nitrogens with zero attached hydrogens (tertiary/aromatic N) is 1. The second-order valence-electron chi connectivity index (χ2n) is 7.30. The molecule has 3 heterocycles. The summed E-state index contributed by atoms with van der Waals surface area (Å²) in [6.45, 7) is 9.71. The van der Waals surface area contributed by atoms with Crippen LogP contribution in [0.25, 0.3) is 11.0 Å². The SMILES string of the molecule is CC[NH+](CC)CCN1C(=O)c2oc3ccc(C)cc3c(=O)c2[C@H]1c1cccs1. The maximum Gasteiger partial charge on any atom is 0.291 e. The molecular weight excluding hydrogens is 372 g/mol. The first-order valence-corrected chi connectivity index (χ1v) is 10.7. The fourth-order valence-electron chi connectivity index (χ4n) is 3.99. The van der Waals surface area contributed by atoms with Crippen LogP contribution in [0.1, 0.15) is 46.4 Å². The van der Waals surface area contributed by atoms with Crippen molar-refractivity contribution >= 4 is 28.2 Å².